The summed E-state index contributed by atoms with van der Waals surface area (Å²) in [6.45, 7) is 1.66. The van der Waals surface area contributed by atoms with Gasteiger partial charge in [0.2, 0.25) is 0 Å². The lowest BCUT2D eigenvalue weighted by molar-refractivity contribution is -0.201. The van der Waals surface area contributed by atoms with Crippen molar-refractivity contribution in [1.82, 2.24) is 0 Å². The lowest BCUT2D eigenvalue weighted by Crippen LogP contribution is -2.65. The smallest absolute Gasteiger partial charge is 0.163 e. The van der Waals surface area contributed by atoms with E-state index in [-0.39, 0.29) is 22.4 Å². The minimum atomic E-state index is -0.0854. The number of hydrogen-bond donors (Lipinski definition) is 0. The molecule has 0 spiro atoms. The van der Waals surface area contributed by atoms with Crippen LogP contribution in [0.2, 0.25) is 10.0 Å². The summed E-state index contributed by atoms with van der Waals surface area (Å²) in [5.74, 6) is 0.367. The van der Waals surface area contributed by atoms with Gasteiger partial charge in [0, 0.05) is 17.4 Å². The van der Waals surface area contributed by atoms with Gasteiger partial charge in [-0.1, -0.05) is 23.2 Å². The molecule has 0 N–H and O–H groups in total. The average molecular weight is 297 g/mol. The molecule has 3 saturated carbocycles. The Kier molecular flexibility index (Phi) is 2.81. The third-order valence-electron chi connectivity index (χ3n) is 4.66. The van der Waals surface area contributed by atoms with Crippen LogP contribution in [0.5, 0.6) is 0 Å². The summed E-state index contributed by atoms with van der Waals surface area (Å²) < 4.78 is 0. The molecule has 0 aliphatic heterocycles. The number of carbonyl (C=O) groups excluding carboxylic acids is 2. The summed E-state index contributed by atoms with van der Waals surface area (Å²) in [5.41, 5.74) is 0.600. The van der Waals surface area contributed by atoms with Crippen LogP contribution in [-0.4, -0.2) is 11.6 Å². The third kappa shape index (κ3) is 1.93. The first-order valence-electron chi connectivity index (χ1n) is 6.35. The number of halogens is 2. The van der Waals surface area contributed by atoms with Crippen LogP contribution < -0.4 is 0 Å². The maximum absolute atomic E-state index is 12.2. The molecule has 1 aromatic carbocycles. The summed E-state index contributed by atoms with van der Waals surface area (Å²) in [6.07, 6.45) is 3.15. The Bertz CT molecular complexity index is 572. The summed E-state index contributed by atoms with van der Waals surface area (Å²) >= 11 is 11.8. The molecule has 2 bridgehead atoms. The number of hydrogen-bond acceptors (Lipinski definition) is 2. The third-order valence-corrected chi connectivity index (χ3v) is 5.40. The van der Waals surface area contributed by atoms with Crippen LogP contribution in [0.1, 0.15) is 43.0 Å². The monoisotopic (exact) mass is 296 g/mol. The lowest BCUT2D eigenvalue weighted by Gasteiger charge is -2.69. The van der Waals surface area contributed by atoms with Gasteiger partial charge in [0.15, 0.2) is 5.78 Å². The predicted molar refractivity (Wildman–Crippen MR) is 74.8 cm³/mol. The highest BCUT2D eigenvalue weighted by Crippen LogP contribution is 2.75. The zero-order valence-corrected chi connectivity index (χ0v) is 12.1. The van der Waals surface area contributed by atoms with E-state index in [2.05, 4.69) is 0 Å². The first kappa shape index (κ1) is 13.1. The Morgan fingerprint density at radius 1 is 1.16 bits per heavy atom. The zero-order valence-electron chi connectivity index (χ0n) is 10.6. The summed E-state index contributed by atoms with van der Waals surface area (Å²) in [7, 11) is 0. The van der Waals surface area contributed by atoms with E-state index in [0.29, 0.717) is 22.0 Å². The number of rotatable bonds is 4. The maximum Gasteiger partial charge on any atom is 0.163 e. The zero-order chi connectivity index (χ0) is 13.8. The standard InChI is InChI=1S/C15H14Cl2O2/c1-9(18)15-6-14(7-15,8-15)5-13(19)10-2-3-11(16)12(17)4-10/h2-4H,5-8H2,1H3. The van der Waals surface area contributed by atoms with Crippen molar-refractivity contribution in [3.63, 3.8) is 0 Å². The lowest BCUT2D eigenvalue weighted by atomic mass is 9.33. The van der Waals surface area contributed by atoms with E-state index in [1.54, 1.807) is 25.1 Å². The number of carbonyl (C=O) groups is 2. The summed E-state index contributed by atoms with van der Waals surface area (Å²) in [6, 6.07) is 4.98. The van der Waals surface area contributed by atoms with Gasteiger partial charge in [-0.2, -0.15) is 0 Å². The van der Waals surface area contributed by atoms with Crippen LogP contribution in [0.4, 0.5) is 0 Å². The van der Waals surface area contributed by atoms with Crippen molar-refractivity contribution in [2.75, 3.05) is 0 Å². The van der Waals surface area contributed by atoms with Crippen LogP contribution >= 0.6 is 23.2 Å². The molecule has 1 aromatic rings. The van der Waals surface area contributed by atoms with Gasteiger partial charge in [0.1, 0.15) is 5.78 Å². The van der Waals surface area contributed by atoms with Crippen molar-refractivity contribution < 1.29 is 9.59 Å². The minimum absolute atomic E-state index is 0.0782. The Hall–Kier alpha value is -0.860. The second-order valence-corrected chi connectivity index (χ2v) is 6.91. The molecule has 0 aromatic heterocycles. The Morgan fingerprint density at radius 2 is 1.79 bits per heavy atom. The molecule has 0 heterocycles. The number of ketones is 2. The van der Waals surface area contributed by atoms with Crippen LogP contribution in [0.25, 0.3) is 0 Å². The van der Waals surface area contributed by atoms with E-state index < -0.39 is 0 Å². The molecule has 100 valence electrons. The number of benzene rings is 1. The van der Waals surface area contributed by atoms with Crippen LogP contribution in [0.15, 0.2) is 18.2 Å². The van der Waals surface area contributed by atoms with E-state index in [4.69, 9.17) is 23.2 Å². The first-order chi connectivity index (χ1) is 8.86. The maximum atomic E-state index is 12.2. The van der Waals surface area contributed by atoms with Gasteiger partial charge in [-0.25, -0.2) is 0 Å². The van der Waals surface area contributed by atoms with Crippen LogP contribution in [-0.2, 0) is 4.79 Å². The first-order valence-corrected chi connectivity index (χ1v) is 7.11. The average Bonchev–Trinajstić information content (AvgIpc) is 2.24. The molecule has 0 radical (unpaired) electrons. The fourth-order valence-corrected chi connectivity index (χ4v) is 3.97. The van der Waals surface area contributed by atoms with Crippen molar-refractivity contribution in [2.45, 2.75) is 32.6 Å². The van der Waals surface area contributed by atoms with Gasteiger partial charge in [-0.05, 0) is 49.8 Å². The van der Waals surface area contributed by atoms with Gasteiger partial charge in [0.05, 0.1) is 10.0 Å². The van der Waals surface area contributed by atoms with Gasteiger partial charge < -0.3 is 0 Å². The van der Waals surface area contributed by atoms with Crippen LogP contribution in [0, 0.1) is 10.8 Å². The molecule has 0 amide bonds. The quantitative estimate of drug-likeness (QED) is 0.775. The van der Waals surface area contributed by atoms with Crippen molar-refractivity contribution in [1.29, 1.82) is 0 Å². The Balaban J connectivity index is 1.68. The van der Waals surface area contributed by atoms with Crippen LogP contribution in [0.3, 0.4) is 0 Å². The van der Waals surface area contributed by atoms with Crippen molar-refractivity contribution in [3.05, 3.63) is 33.8 Å². The molecule has 0 saturated heterocycles. The minimum Gasteiger partial charge on any atom is -0.299 e. The van der Waals surface area contributed by atoms with Gasteiger partial charge in [-0.15, -0.1) is 0 Å². The summed E-state index contributed by atoms with van der Waals surface area (Å²) in [5, 5.41) is 0.865. The van der Waals surface area contributed by atoms with Gasteiger partial charge in [0.25, 0.3) is 0 Å². The molecule has 0 unspecified atom stereocenters. The molecule has 3 aliphatic rings. The SMILES string of the molecule is CC(=O)C12CC(CC(=O)c3ccc(Cl)c(Cl)c3)(C1)C2. The van der Waals surface area contributed by atoms with E-state index >= 15 is 0 Å². The highest BCUT2D eigenvalue weighted by Gasteiger charge is 2.69. The summed E-state index contributed by atoms with van der Waals surface area (Å²) in [4.78, 5) is 23.7. The van der Waals surface area contributed by atoms with E-state index in [0.717, 1.165) is 19.3 Å². The second kappa shape index (κ2) is 4.07. The largest absolute Gasteiger partial charge is 0.299 e. The molecule has 3 aliphatic carbocycles. The van der Waals surface area contributed by atoms with E-state index in [1.165, 1.54) is 0 Å². The normalized spacial score (nSPS) is 31.3. The molecule has 4 heteroatoms. The Morgan fingerprint density at radius 3 is 2.32 bits per heavy atom. The molecule has 2 nitrogen and oxygen atoms in total. The predicted octanol–water partition coefficient (Wildman–Crippen LogP) is 4.33. The van der Waals surface area contributed by atoms with Gasteiger partial charge >= 0.3 is 0 Å². The Labute approximate surface area is 122 Å². The molecule has 19 heavy (non-hydrogen) atoms. The molecule has 3 fully saturated rings. The van der Waals surface area contributed by atoms with Gasteiger partial charge in [-0.3, -0.25) is 9.59 Å². The second-order valence-electron chi connectivity index (χ2n) is 6.10. The number of Topliss-reactive ketones (excluding diaryl/α,β-unsaturated/α-hetero) is 2. The van der Waals surface area contributed by atoms with Crippen molar-refractivity contribution >= 4 is 34.8 Å². The fourth-order valence-electron chi connectivity index (χ4n) is 3.67. The molecular weight excluding hydrogens is 283 g/mol. The highest BCUT2D eigenvalue weighted by atomic mass is 35.5. The molecule has 0 atom stereocenters. The van der Waals surface area contributed by atoms with E-state index in [1.807, 2.05) is 0 Å². The van der Waals surface area contributed by atoms with E-state index in [9.17, 15) is 9.59 Å². The fraction of sp³-hybridized carbons (Fsp3) is 0.467. The molecule has 4 rings (SSSR count). The molecular formula is C15H14Cl2O2. The topological polar surface area (TPSA) is 34.1 Å². The van der Waals surface area contributed by atoms with Crippen molar-refractivity contribution in [2.24, 2.45) is 10.8 Å². The highest BCUT2D eigenvalue weighted by molar-refractivity contribution is 6.42. The van der Waals surface area contributed by atoms with Crippen molar-refractivity contribution in [3.8, 4) is 0 Å².